The molecule has 1 rings (SSSR count). The van der Waals surface area contributed by atoms with Crippen LogP contribution in [-0.4, -0.2) is 35.7 Å². The lowest BCUT2D eigenvalue weighted by molar-refractivity contribution is -0.174. The molecule has 0 amide bonds. The van der Waals surface area contributed by atoms with Crippen LogP contribution < -0.4 is 5.32 Å². The number of hydrogen-bond acceptors (Lipinski definition) is 3. The molecule has 0 radical (unpaired) electrons. The summed E-state index contributed by atoms with van der Waals surface area (Å²) in [5.74, 6) is 0. The van der Waals surface area contributed by atoms with Crippen molar-refractivity contribution in [2.45, 2.75) is 45.5 Å². The minimum Gasteiger partial charge on any atom is -0.370 e. The van der Waals surface area contributed by atoms with Gasteiger partial charge in [-0.05, 0) is 19.4 Å². The first-order valence-electron chi connectivity index (χ1n) is 6.86. The molecular formula is C13H22F3N3O. The smallest absolute Gasteiger partial charge is 0.370 e. The summed E-state index contributed by atoms with van der Waals surface area (Å²) in [5, 5.41) is 7.55. The molecule has 1 atom stereocenters. The molecule has 4 nitrogen and oxygen atoms in total. The zero-order valence-electron chi connectivity index (χ0n) is 11.9. The second kappa shape index (κ2) is 8.26. The van der Waals surface area contributed by atoms with Gasteiger partial charge in [-0.15, -0.1) is 0 Å². The van der Waals surface area contributed by atoms with Crippen LogP contribution in [0.2, 0.25) is 0 Å². The van der Waals surface area contributed by atoms with Gasteiger partial charge in [-0.25, -0.2) is 0 Å². The molecule has 1 aromatic heterocycles. The van der Waals surface area contributed by atoms with Gasteiger partial charge in [0.2, 0.25) is 0 Å². The van der Waals surface area contributed by atoms with Gasteiger partial charge in [-0.2, -0.15) is 18.3 Å². The van der Waals surface area contributed by atoms with Crippen molar-refractivity contribution in [2.24, 2.45) is 0 Å². The maximum absolute atomic E-state index is 11.9. The largest absolute Gasteiger partial charge is 0.411 e. The first-order chi connectivity index (χ1) is 9.46. The van der Waals surface area contributed by atoms with Crippen LogP contribution in [0.4, 0.5) is 13.2 Å². The van der Waals surface area contributed by atoms with E-state index in [2.05, 4.69) is 29.0 Å². The van der Waals surface area contributed by atoms with E-state index in [1.54, 1.807) is 10.9 Å². The maximum Gasteiger partial charge on any atom is 0.411 e. The lowest BCUT2D eigenvalue weighted by atomic mass is 10.1. The van der Waals surface area contributed by atoms with Crippen molar-refractivity contribution < 1.29 is 17.9 Å². The van der Waals surface area contributed by atoms with E-state index in [0.717, 1.165) is 24.9 Å². The summed E-state index contributed by atoms with van der Waals surface area (Å²) < 4.78 is 41.9. The van der Waals surface area contributed by atoms with Crippen LogP contribution in [0.1, 0.15) is 38.3 Å². The molecule has 0 fully saturated rings. The Bertz CT molecular complexity index is 379. The predicted molar refractivity (Wildman–Crippen MR) is 70.4 cm³/mol. The fourth-order valence-corrected chi connectivity index (χ4v) is 1.84. The Morgan fingerprint density at radius 2 is 2.15 bits per heavy atom. The molecule has 1 heterocycles. The summed E-state index contributed by atoms with van der Waals surface area (Å²) in [6, 6.07) is 0.236. The van der Waals surface area contributed by atoms with Crippen LogP contribution >= 0.6 is 0 Å². The molecule has 0 aliphatic carbocycles. The Kier molecular flexibility index (Phi) is 7.01. The average Bonchev–Trinajstić information content (AvgIpc) is 2.83. The van der Waals surface area contributed by atoms with Crippen LogP contribution in [0, 0.1) is 0 Å². The molecule has 0 saturated carbocycles. The summed E-state index contributed by atoms with van der Waals surface area (Å²) >= 11 is 0. The monoisotopic (exact) mass is 293 g/mol. The quantitative estimate of drug-likeness (QED) is 0.712. The first kappa shape index (κ1) is 17.0. The molecule has 1 unspecified atom stereocenters. The number of halogens is 3. The van der Waals surface area contributed by atoms with Gasteiger partial charge in [-0.1, -0.05) is 13.8 Å². The normalized spacial score (nSPS) is 13.7. The average molecular weight is 293 g/mol. The third kappa shape index (κ3) is 6.38. The van der Waals surface area contributed by atoms with Crippen molar-refractivity contribution in [2.75, 3.05) is 19.8 Å². The van der Waals surface area contributed by atoms with E-state index in [1.165, 1.54) is 0 Å². The van der Waals surface area contributed by atoms with Crippen LogP contribution in [0.15, 0.2) is 12.4 Å². The summed E-state index contributed by atoms with van der Waals surface area (Å²) in [6.07, 6.45) is 1.33. The Hall–Kier alpha value is -1.08. The van der Waals surface area contributed by atoms with Crippen molar-refractivity contribution in [3.63, 3.8) is 0 Å². The van der Waals surface area contributed by atoms with Gasteiger partial charge < -0.3 is 10.1 Å². The molecule has 0 aliphatic heterocycles. The highest BCUT2D eigenvalue weighted by Gasteiger charge is 2.27. The molecule has 116 valence electrons. The van der Waals surface area contributed by atoms with Crippen molar-refractivity contribution in [1.82, 2.24) is 15.1 Å². The lowest BCUT2D eigenvalue weighted by Gasteiger charge is -2.14. The number of rotatable bonds is 9. The molecule has 0 aromatic carbocycles. The van der Waals surface area contributed by atoms with E-state index >= 15 is 0 Å². The van der Waals surface area contributed by atoms with Crippen molar-refractivity contribution in [3.05, 3.63) is 18.0 Å². The molecule has 20 heavy (non-hydrogen) atoms. The molecule has 0 bridgehead atoms. The van der Waals surface area contributed by atoms with Crippen LogP contribution in [0.3, 0.4) is 0 Å². The van der Waals surface area contributed by atoms with E-state index in [0.29, 0.717) is 6.54 Å². The third-order valence-corrected chi connectivity index (χ3v) is 2.84. The van der Waals surface area contributed by atoms with Crippen molar-refractivity contribution in [1.29, 1.82) is 0 Å². The molecule has 7 heteroatoms. The second-order valence-electron chi connectivity index (χ2n) is 4.62. The van der Waals surface area contributed by atoms with Gasteiger partial charge in [0.1, 0.15) is 6.61 Å². The SMILES string of the molecule is CCCNC(CC)c1cnn(CCOCC(F)(F)F)c1. The number of alkyl halides is 3. The zero-order chi connectivity index (χ0) is 15.0. The highest BCUT2D eigenvalue weighted by Crippen LogP contribution is 2.16. The molecule has 0 spiro atoms. The van der Waals surface area contributed by atoms with Crippen molar-refractivity contribution >= 4 is 0 Å². The third-order valence-electron chi connectivity index (χ3n) is 2.84. The highest BCUT2D eigenvalue weighted by molar-refractivity contribution is 5.10. The summed E-state index contributed by atoms with van der Waals surface area (Å²) in [6.45, 7) is 4.22. The van der Waals surface area contributed by atoms with Gasteiger partial charge >= 0.3 is 6.18 Å². The Labute approximate surface area is 117 Å². The predicted octanol–water partition coefficient (Wildman–Crippen LogP) is 2.91. The van der Waals surface area contributed by atoms with Gasteiger partial charge in [0.25, 0.3) is 0 Å². The second-order valence-corrected chi connectivity index (χ2v) is 4.62. The highest BCUT2D eigenvalue weighted by atomic mass is 19.4. The number of hydrogen-bond donors (Lipinski definition) is 1. The van der Waals surface area contributed by atoms with Crippen LogP contribution in [0.5, 0.6) is 0 Å². The molecule has 1 aromatic rings. The number of nitrogens with one attached hydrogen (secondary N) is 1. The molecule has 0 aliphatic rings. The van der Waals surface area contributed by atoms with E-state index in [1.807, 2.05) is 6.20 Å². The topological polar surface area (TPSA) is 39.1 Å². The minimum atomic E-state index is -4.27. The van der Waals surface area contributed by atoms with Gasteiger partial charge in [0, 0.05) is 17.8 Å². The fraction of sp³-hybridized carbons (Fsp3) is 0.769. The van der Waals surface area contributed by atoms with Gasteiger partial charge in [0.15, 0.2) is 0 Å². The number of aromatic nitrogens is 2. The molecular weight excluding hydrogens is 271 g/mol. The summed E-state index contributed by atoms with van der Waals surface area (Å²) in [5.41, 5.74) is 1.05. The van der Waals surface area contributed by atoms with E-state index in [9.17, 15) is 13.2 Å². The Morgan fingerprint density at radius 3 is 2.75 bits per heavy atom. The first-order valence-corrected chi connectivity index (χ1v) is 6.86. The maximum atomic E-state index is 11.9. The van der Waals surface area contributed by atoms with Crippen LogP contribution in [-0.2, 0) is 11.3 Å². The van der Waals surface area contributed by atoms with E-state index in [4.69, 9.17) is 0 Å². The van der Waals surface area contributed by atoms with E-state index < -0.39 is 12.8 Å². The van der Waals surface area contributed by atoms with Gasteiger partial charge in [0.05, 0.1) is 19.3 Å². The zero-order valence-corrected chi connectivity index (χ0v) is 11.9. The van der Waals surface area contributed by atoms with Gasteiger partial charge in [-0.3, -0.25) is 4.68 Å². The molecule has 1 N–H and O–H groups in total. The Balaban J connectivity index is 2.38. The summed E-state index contributed by atoms with van der Waals surface area (Å²) in [7, 11) is 0. The lowest BCUT2D eigenvalue weighted by Crippen LogP contribution is -2.21. The van der Waals surface area contributed by atoms with Crippen molar-refractivity contribution in [3.8, 4) is 0 Å². The fourth-order valence-electron chi connectivity index (χ4n) is 1.84. The number of nitrogens with zero attached hydrogens (tertiary/aromatic N) is 2. The van der Waals surface area contributed by atoms with Crippen LogP contribution in [0.25, 0.3) is 0 Å². The minimum absolute atomic E-state index is 0.000188. The standard InChI is InChI=1S/C13H22F3N3O/c1-3-5-17-12(4-2)11-8-18-19(9-11)6-7-20-10-13(14,15)16/h8-9,12,17H,3-7,10H2,1-2H3. The Morgan fingerprint density at radius 1 is 1.40 bits per heavy atom. The molecule has 0 saturated heterocycles. The van der Waals surface area contributed by atoms with E-state index in [-0.39, 0.29) is 12.6 Å². The summed E-state index contributed by atoms with van der Waals surface area (Å²) in [4.78, 5) is 0. The number of ether oxygens (including phenoxy) is 1.